The molecule has 0 unspecified atom stereocenters. The predicted molar refractivity (Wildman–Crippen MR) is 88.1 cm³/mol. The number of aromatic nitrogens is 2. The van der Waals surface area contributed by atoms with E-state index in [4.69, 9.17) is 0 Å². The molecule has 0 spiro atoms. The molecule has 0 bridgehead atoms. The van der Waals surface area contributed by atoms with Gasteiger partial charge in [-0.15, -0.1) is 0 Å². The number of nitrogens with one attached hydrogen (secondary N) is 1. The average molecular weight is 365 g/mol. The Bertz CT molecular complexity index is 932. The van der Waals surface area contributed by atoms with Gasteiger partial charge in [-0.05, 0) is 49.4 Å². The van der Waals surface area contributed by atoms with E-state index in [0.717, 1.165) is 22.8 Å². The minimum absolute atomic E-state index is 0.109. The van der Waals surface area contributed by atoms with E-state index in [0.29, 0.717) is 5.39 Å². The Morgan fingerprint density at radius 1 is 1.23 bits per heavy atom. The van der Waals surface area contributed by atoms with Gasteiger partial charge in [-0.1, -0.05) is 0 Å². The number of carbonyl (C=O) groups excluding carboxylic acids is 1. The molecule has 0 radical (unpaired) electrons. The third-order valence-electron chi connectivity index (χ3n) is 3.89. The van der Waals surface area contributed by atoms with Crippen LogP contribution in [0.25, 0.3) is 11.0 Å². The van der Waals surface area contributed by atoms with Gasteiger partial charge in [0.1, 0.15) is 17.2 Å². The Balaban J connectivity index is 1.83. The van der Waals surface area contributed by atoms with Crippen LogP contribution < -0.4 is 5.32 Å². The summed E-state index contributed by atoms with van der Waals surface area (Å²) in [6.07, 6.45) is -3.12. The van der Waals surface area contributed by atoms with Crippen molar-refractivity contribution >= 4 is 16.9 Å². The summed E-state index contributed by atoms with van der Waals surface area (Å²) in [5.41, 5.74) is -0.401. The van der Waals surface area contributed by atoms with Gasteiger partial charge in [-0.3, -0.25) is 4.79 Å². The zero-order valence-electron chi connectivity index (χ0n) is 13.7. The van der Waals surface area contributed by atoms with Crippen molar-refractivity contribution in [2.45, 2.75) is 25.7 Å². The largest absolute Gasteiger partial charge is 0.431 e. The molecular formula is C18H15F4N3O. The van der Waals surface area contributed by atoms with Crippen molar-refractivity contribution in [2.24, 2.45) is 0 Å². The molecule has 0 saturated carbocycles. The van der Waals surface area contributed by atoms with E-state index in [1.807, 2.05) is 0 Å². The van der Waals surface area contributed by atoms with Crippen molar-refractivity contribution in [2.75, 3.05) is 0 Å². The molecule has 8 heteroatoms. The maximum Gasteiger partial charge on any atom is 0.431 e. The fraction of sp³-hybridized carbons (Fsp3) is 0.222. The number of amides is 1. The fourth-order valence-electron chi connectivity index (χ4n) is 2.73. The molecule has 3 rings (SSSR count). The van der Waals surface area contributed by atoms with Gasteiger partial charge >= 0.3 is 6.18 Å². The average Bonchev–Trinajstić information content (AvgIpc) is 2.94. The lowest BCUT2D eigenvalue weighted by atomic mass is 10.2. The predicted octanol–water partition coefficient (Wildman–Crippen LogP) is 4.01. The zero-order valence-corrected chi connectivity index (χ0v) is 13.7. The van der Waals surface area contributed by atoms with Gasteiger partial charge in [0.2, 0.25) is 0 Å². The Hall–Kier alpha value is -2.90. The molecule has 1 aromatic carbocycles. The van der Waals surface area contributed by atoms with E-state index in [9.17, 15) is 22.4 Å². The molecule has 0 fully saturated rings. The molecule has 0 aliphatic carbocycles. The van der Waals surface area contributed by atoms with Gasteiger partial charge in [0.05, 0.1) is 0 Å². The van der Waals surface area contributed by atoms with Crippen molar-refractivity contribution in [3.63, 3.8) is 0 Å². The maximum atomic E-state index is 13.3. The van der Waals surface area contributed by atoms with E-state index >= 15 is 0 Å². The molecule has 136 valence electrons. The van der Waals surface area contributed by atoms with Crippen LogP contribution in [0.2, 0.25) is 0 Å². The van der Waals surface area contributed by atoms with Crippen LogP contribution in [-0.2, 0) is 12.7 Å². The second-order valence-corrected chi connectivity index (χ2v) is 5.94. The first-order chi connectivity index (χ1) is 12.3. The molecule has 1 N–H and O–H groups in total. The summed E-state index contributed by atoms with van der Waals surface area (Å²) in [6, 6.07) is 8.46. The molecule has 0 aliphatic rings. The lowest BCUT2D eigenvalue weighted by Gasteiger charge is -2.18. The van der Waals surface area contributed by atoms with Crippen molar-refractivity contribution in [1.29, 1.82) is 0 Å². The first-order valence-electron chi connectivity index (χ1n) is 7.83. The zero-order chi connectivity index (χ0) is 18.9. The number of rotatable bonds is 4. The summed E-state index contributed by atoms with van der Waals surface area (Å²) in [5.74, 6) is -0.968. The number of nitrogens with zero attached hydrogens (tertiary/aromatic N) is 2. The highest BCUT2D eigenvalue weighted by atomic mass is 19.4. The second-order valence-electron chi connectivity index (χ2n) is 5.94. The molecular weight excluding hydrogens is 350 g/mol. The van der Waals surface area contributed by atoms with Crippen LogP contribution in [0.5, 0.6) is 0 Å². The molecule has 2 aromatic heterocycles. The van der Waals surface area contributed by atoms with Gasteiger partial charge in [0.15, 0.2) is 0 Å². The molecule has 4 nitrogen and oxygen atoms in total. The smallest absolute Gasteiger partial charge is 0.348 e. The van der Waals surface area contributed by atoms with Crippen molar-refractivity contribution in [1.82, 2.24) is 14.9 Å². The Kier molecular flexibility index (Phi) is 4.67. The lowest BCUT2D eigenvalue weighted by Crippen LogP contribution is -2.36. The number of benzene rings is 1. The first-order valence-corrected chi connectivity index (χ1v) is 7.83. The van der Waals surface area contributed by atoms with Crippen molar-refractivity contribution in [3.8, 4) is 0 Å². The van der Waals surface area contributed by atoms with Crippen LogP contribution in [0, 0.1) is 5.82 Å². The molecule has 1 atom stereocenters. The number of pyridine rings is 1. The van der Waals surface area contributed by atoms with Gasteiger partial charge in [0, 0.05) is 29.7 Å². The quantitative estimate of drug-likeness (QED) is 0.710. The van der Waals surface area contributed by atoms with E-state index in [1.165, 1.54) is 18.3 Å². The van der Waals surface area contributed by atoms with E-state index in [2.05, 4.69) is 10.3 Å². The summed E-state index contributed by atoms with van der Waals surface area (Å²) in [4.78, 5) is 16.2. The SMILES string of the molecule is C[C@@H](Cn1c(C(F)(F)F)cc2cccnc21)NC(=O)c1ccc(F)cc1. The second kappa shape index (κ2) is 6.78. The van der Waals surface area contributed by atoms with E-state index in [-0.39, 0.29) is 17.8 Å². The standard InChI is InChI=1S/C18H15F4N3O/c1-11(24-17(26)12-4-6-14(19)7-5-12)10-25-15(18(20,21)22)9-13-3-2-8-23-16(13)25/h2-9,11H,10H2,1H3,(H,24,26)/t11-/m0/s1. The molecule has 0 aliphatic heterocycles. The monoisotopic (exact) mass is 365 g/mol. The summed E-state index contributed by atoms with van der Waals surface area (Å²) < 4.78 is 54.0. The number of alkyl halides is 3. The van der Waals surface area contributed by atoms with E-state index in [1.54, 1.807) is 19.1 Å². The van der Waals surface area contributed by atoms with Crippen LogP contribution in [0.15, 0.2) is 48.7 Å². The van der Waals surface area contributed by atoms with E-state index < -0.39 is 29.6 Å². The van der Waals surface area contributed by atoms with Crippen molar-refractivity contribution in [3.05, 3.63) is 65.7 Å². The number of hydrogen-bond acceptors (Lipinski definition) is 2. The Morgan fingerprint density at radius 2 is 1.92 bits per heavy atom. The van der Waals surface area contributed by atoms with Gasteiger partial charge in [-0.25, -0.2) is 9.37 Å². The topological polar surface area (TPSA) is 46.9 Å². The first kappa shape index (κ1) is 17.9. The number of carbonyl (C=O) groups is 1. The summed E-state index contributed by atoms with van der Waals surface area (Å²) in [6.45, 7) is 1.48. The van der Waals surface area contributed by atoms with Gasteiger partial charge < -0.3 is 9.88 Å². The van der Waals surface area contributed by atoms with Crippen LogP contribution in [0.4, 0.5) is 17.6 Å². The van der Waals surface area contributed by atoms with Crippen LogP contribution >= 0.6 is 0 Å². The summed E-state index contributed by atoms with van der Waals surface area (Å²) in [7, 11) is 0. The molecule has 1 amide bonds. The van der Waals surface area contributed by atoms with Crippen LogP contribution in [-0.4, -0.2) is 21.5 Å². The number of halogens is 4. The minimum Gasteiger partial charge on any atom is -0.348 e. The minimum atomic E-state index is -4.54. The van der Waals surface area contributed by atoms with Crippen molar-refractivity contribution < 1.29 is 22.4 Å². The molecule has 2 heterocycles. The normalized spacial score (nSPS) is 13.0. The third kappa shape index (κ3) is 3.68. The van der Waals surface area contributed by atoms with Crippen LogP contribution in [0.3, 0.4) is 0 Å². The Labute approximate surface area is 146 Å². The number of hydrogen-bond donors (Lipinski definition) is 1. The molecule has 0 saturated heterocycles. The van der Waals surface area contributed by atoms with Gasteiger partial charge in [0.25, 0.3) is 5.91 Å². The highest BCUT2D eigenvalue weighted by Crippen LogP contribution is 2.33. The third-order valence-corrected chi connectivity index (χ3v) is 3.89. The fourth-order valence-corrected chi connectivity index (χ4v) is 2.73. The lowest BCUT2D eigenvalue weighted by molar-refractivity contribution is -0.143. The van der Waals surface area contributed by atoms with Gasteiger partial charge in [-0.2, -0.15) is 13.2 Å². The number of fused-ring (bicyclic) bond motifs is 1. The highest BCUT2D eigenvalue weighted by molar-refractivity contribution is 5.94. The molecule has 26 heavy (non-hydrogen) atoms. The molecule has 3 aromatic rings. The maximum absolute atomic E-state index is 13.3. The summed E-state index contributed by atoms with van der Waals surface area (Å²) >= 11 is 0. The highest BCUT2D eigenvalue weighted by Gasteiger charge is 2.36. The summed E-state index contributed by atoms with van der Waals surface area (Å²) in [5, 5.41) is 2.99. The Morgan fingerprint density at radius 3 is 2.58 bits per heavy atom. The van der Waals surface area contributed by atoms with Crippen LogP contribution in [0.1, 0.15) is 23.0 Å².